The predicted octanol–water partition coefficient (Wildman–Crippen LogP) is 2.46. The normalized spacial score (nSPS) is 10.5. The van der Waals surface area contributed by atoms with Gasteiger partial charge in [0.25, 0.3) is 0 Å². The van der Waals surface area contributed by atoms with Gasteiger partial charge in [0.05, 0.1) is 12.2 Å². The number of nitrogens with zero attached hydrogens (tertiary/aromatic N) is 3. The van der Waals surface area contributed by atoms with Crippen molar-refractivity contribution in [3.63, 3.8) is 0 Å². The van der Waals surface area contributed by atoms with Crippen molar-refractivity contribution in [1.82, 2.24) is 20.3 Å². The maximum atomic E-state index is 12.0. The molecule has 0 aromatic carbocycles. The molecule has 0 saturated carbocycles. The van der Waals surface area contributed by atoms with Crippen LogP contribution in [0.1, 0.15) is 29.1 Å². The van der Waals surface area contributed by atoms with Crippen molar-refractivity contribution in [2.75, 3.05) is 6.26 Å². The number of amides is 1. The van der Waals surface area contributed by atoms with Gasteiger partial charge in [0, 0.05) is 24.0 Å². The molecule has 2 aromatic heterocycles. The molecule has 0 aliphatic carbocycles. The summed E-state index contributed by atoms with van der Waals surface area (Å²) in [6, 6.07) is 5.66. The third kappa shape index (κ3) is 4.53. The molecule has 0 bridgehead atoms. The minimum Gasteiger partial charge on any atom is -0.350 e. The molecule has 0 radical (unpaired) electrons. The molecule has 0 unspecified atom stereocenters. The fourth-order valence-corrected chi connectivity index (χ4v) is 2.64. The van der Waals surface area contributed by atoms with E-state index in [2.05, 4.69) is 20.3 Å². The molecule has 0 aliphatic heterocycles. The summed E-state index contributed by atoms with van der Waals surface area (Å²) in [5.41, 5.74) is 3.82. The highest BCUT2D eigenvalue weighted by Crippen LogP contribution is 2.17. The van der Waals surface area contributed by atoms with Crippen LogP contribution in [0, 0.1) is 13.8 Å². The van der Waals surface area contributed by atoms with Crippen molar-refractivity contribution in [3.05, 3.63) is 47.0 Å². The van der Waals surface area contributed by atoms with Gasteiger partial charge in [-0.05, 0) is 44.2 Å². The Kier molecular flexibility index (Phi) is 5.89. The molecule has 5 nitrogen and oxygen atoms in total. The molecule has 2 aromatic rings. The summed E-state index contributed by atoms with van der Waals surface area (Å²) in [4.78, 5) is 25.0. The second kappa shape index (κ2) is 7.89. The van der Waals surface area contributed by atoms with Crippen LogP contribution in [0.2, 0.25) is 0 Å². The molecule has 116 valence electrons. The maximum absolute atomic E-state index is 12.0. The number of nitrogens with one attached hydrogen (secondary N) is 1. The lowest BCUT2D eigenvalue weighted by molar-refractivity contribution is -0.121. The fraction of sp³-hybridized carbons (Fsp3) is 0.375. The van der Waals surface area contributed by atoms with Gasteiger partial charge in [-0.2, -0.15) is 0 Å². The van der Waals surface area contributed by atoms with Crippen molar-refractivity contribution in [1.29, 1.82) is 0 Å². The largest absolute Gasteiger partial charge is 0.350 e. The molecular weight excluding hydrogens is 296 g/mol. The number of carbonyl (C=O) groups is 1. The smallest absolute Gasteiger partial charge is 0.220 e. The van der Waals surface area contributed by atoms with E-state index < -0.39 is 0 Å². The minimum atomic E-state index is 0.0124. The van der Waals surface area contributed by atoms with Crippen molar-refractivity contribution in [3.8, 4) is 0 Å². The van der Waals surface area contributed by atoms with Crippen LogP contribution in [-0.4, -0.2) is 27.1 Å². The van der Waals surface area contributed by atoms with Gasteiger partial charge in [0.2, 0.25) is 5.91 Å². The van der Waals surface area contributed by atoms with Crippen molar-refractivity contribution < 1.29 is 4.79 Å². The highest BCUT2D eigenvalue weighted by Gasteiger charge is 2.10. The van der Waals surface area contributed by atoms with Crippen LogP contribution < -0.4 is 5.32 Å². The Morgan fingerprint density at radius 3 is 2.55 bits per heavy atom. The third-order valence-electron chi connectivity index (χ3n) is 3.38. The monoisotopic (exact) mass is 316 g/mol. The SMILES string of the molecule is CSc1nc(C)c(CCC(=O)NCc2ccccn2)c(C)n1. The van der Waals surface area contributed by atoms with Gasteiger partial charge in [0.15, 0.2) is 5.16 Å². The van der Waals surface area contributed by atoms with Crippen LogP contribution in [0.3, 0.4) is 0 Å². The van der Waals surface area contributed by atoms with Crippen LogP contribution in [0.4, 0.5) is 0 Å². The molecule has 0 atom stereocenters. The molecule has 2 rings (SSSR count). The van der Waals surface area contributed by atoms with E-state index in [1.165, 1.54) is 11.8 Å². The second-order valence-electron chi connectivity index (χ2n) is 4.96. The number of aryl methyl sites for hydroxylation is 2. The first-order valence-corrected chi connectivity index (χ1v) is 8.37. The number of rotatable bonds is 6. The van der Waals surface area contributed by atoms with E-state index in [-0.39, 0.29) is 5.91 Å². The molecule has 0 fully saturated rings. The van der Waals surface area contributed by atoms with E-state index in [0.717, 1.165) is 27.8 Å². The lowest BCUT2D eigenvalue weighted by Crippen LogP contribution is -2.23. The Morgan fingerprint density at radius 1 is 1.23 bits per heavy atom. The lowest BCUT2D eigenvalue weighted by Gasteiger charge is -2.10. The quantitative estimate of drug-likeness (QED) is 0.655. The number of thioether (sulfide) groups is 1. The van der Waals surface area contributed by atoms with Crippen molar-refractivity contribution in [2.45, 2.75) is 38.4 Å². The first kappa shape index (κ1) is 16.4. The number of aromatic nitrogens is 3. The first-order valence-electron chi connectivity index (χ1n) is 7.15. The van der Waals surface area contributed by atoms with Gasteiger partial charge in [0.1, 0.15) is 0 Å². The van der Waals surface area contributed by atoms with Crippen LogP contribution in [0.25, 0.3) is 0 Å². The number of pyridine rings is 1. The maximum Gasteiger partial charge on any atom is 0.220 e. The first-order chi connectivity index (χ1) is 10.6. The van der Waals surface area contributed by atoms with Gasteiger partial charge in [-0.15, -0.1) is 0 Å². The van der Waals surface area contributed by atoms with Crippen LogP contribution in [0.5, 0.6) is 0 Å². The zero-order chi connectivity index (χ0) is 15.9. The molecule has 1 N–H and O–H groups in total. The van der Waals surface area contributed by atoms with Crippen molar-refractivity contribution in [2.24, 2.45) is 0 Å². The van der Waals surface area contributed by atoms with Crippen LogP contribution >= 0.6 is 11.8 Å². The highest BCUT2D eigenvalue weighted by atomic mass is 32.2. The molecule has 0 aliphatic rings. The molecule has 2 heterocycles. The Balaban J connectivity index is 1.89. The molecule has 6 heteroatoms. The summed E-state index contributed by atoms with van der Waals surface area (Å²) in [6.45, 7) is 4.39. The summed E-state index contributed by atoms with van der Waals surface area (Å²) in [7, 11) is 0. The Bertz CT molecular complexity index is 623. The van der Waals surface area contributed by atoms with E-state index in [0.29, 0.717) is 19.4 Å². The molecule has 0 saturated heterocycles. The summed E-state index contributed by atoms with van der Waals surface area (Å²) >= 11 is 1.53. The molecule has 1 amide bonds. The minimum absolute atomic E-state index is 0.0124. The summed E-state index contributed by atoms with van der Waals surface area (Å²) in [5, 5.41) is 3.66. The zero-order valence-electron chi connectivity index (χ0n) is 13.1. The van der Waals surface area contributed by atoms with Gasteiger partial charge < -0.3 is 5.32 Å². The molecular formula is C16H20N4OS. The van der Waals surface area contributed by atoms with Crippen molar-refractivity contribution >= 4 is 17.7 Å². The molecule has 22 heavy (non-hydrogen) atoms. The van der Waals surface area contributed by atoms with Gasteiger partial charge in [-0.3, -0.25) is 9.78 Å². The third-order valence-corrected chi connectivity index (χ3v) is 3.93. The number of carbonyl (C=O) groups excluding carboxylic acids is 1. The summed E-state index contributed by atoms with van der Waals surface area (Å²) in [6.07, 6.45) is 4.76. The highest BCUT2D eigenvalue weighted by molar-refractivity contribution is 7.98. The average Bonchev–Trinajstić information content (AvgIpc) is 2.52. The Morgan fingerprint density at radius 2 is 1.95 bits per heavy atom. The van der Waals surface area contributed by atoms with E-state index in [1.54, 1.807) is 6.20 Å². The van der Waals surface area contributed by atoms with E-state index in [9.17, 15) is 4.79 Å². The average molecular weight is 316 g/mol. The van der Waals surface area contributed by atoms with E-state index >= 15 is 0 Å². The second-order valence-corrected chi connectivity index (χ2v) is 5.73. The summed E-state index contributed by atoms with van der Waals surface area (Å²) < 4.78 is 0. The Labute approximate surface area is 135 Å². The number of hydrogen-bond donors (Lipinski definition) is 1. The molecule has 0 spiro atoms. The topological polar surface area (TPSA) is 67.8 Å². The summed E-state index contributed by atoms with van der Waals surface area (Å²) in [5.74, 6) is 0.0124. The Hall–Kier alpha value is -1.95. The van der Waals surface area contributed by atoms with Gasteiger partial charge >= 0.3 is 0 Å². The van der Waals surface area contributed by atoms with Crippen LogP contribution in [0.15, 0.2) is 29.6 Å². The lowest BCUT2D eigenvalue weighted by atomic mass is 10.1. The van der Waals surface area contributed by atoms with Crippen LogP contribution in [-0.2, 0) is 17.8 Å². The van der Waals surface area contributed by atoms with E-state index in [1.807, 2.05) is 38.3 Å². The van der Waals surface area contributed by atoms with Gasteiger partial charge in [-0.25, -0.2) is 9.97 Å². The van der Waals surface area contributed by atoms with E-state index in [4.69, 9.17) is 0 Å². The standard InChI is InChI=1S/C16H20N4OS/c1-11-14(12(2)20-16(19-11)22-3)7-8-15(21)18-10-13-6-4-5-9-17-13/h4-6,9H,7-8,10H2,1-3H3,(H,18,21). The fourth-order valence-electron chi connectivity index (χ4n) is 2.18. The number of hydrogen-bond acceptors (Lipinski definition) is 5. The van der Waals surface area contributed by atoms with Gasteiger partial charge in [-0.1, -0.05) is 17.8 Å². The zero-order valence-corrected chi connectivity index (χ0v) is 13.9. The predicted molar refractivity (Wildman–Crippen MR) is 87.7 cm³/mol.